The lowest BCUT2D eigenvalue weighted by atomic mass is 10.0. The third-order valence-electron chi connectivity index (χ3n) is 6.84. The summed E-state index contributed by atoms with van der Waals surface area (Å²) < 4.78 is 34.8. The third-order valence-corrected chi connectivity index (χ3v) is 9.10. The van der Waals surface area contributed by atoms with Crippen molar-refractivity contribution in [3.05, 3.63) is 45.3 Å². The second-order valence-corrected chi connectivity index (χ2v) is 11.9. The summed E-state index contributed by atoms with van der Waals surface area (Å²) in [6.45, 7) is 4.72. The molecule has 1 N–H and O–H groups in total. The number of nitrogens with one attached hydrogen (secondary N) is 1. The molecule has 0 aliphatic carbocycles. The maximum absolute atomic E-state index is 13.2. The zero-order chi connectivity index (χ0) is 25.2. The highest BCUT2D eigenvalue weighted by Gasteiger charge is 2.31. The molecule has 1 atom stereocenters. The molecule has 3 heterocycles. The maximum Gasteiger partial charge on any atom is 0.287 e. The molecule has 1 aromatic heterocycles. The first-order valence-corrected chi connectivity index (χ1v) is 13.9. The first-order chi connectivity index (χ1) is 16.7. The number of benzene rings is 1. The van der Waals surface area contributed by atoms with Gasteiger partial charge in [0.25, 0.3) is 5.56 Å². The zero-order valence-corrected chi connectivity index (χ0v) is 22.1. The first-order valence-electron chi connectivity index (χ1n) is 12.1. The highest BCUT2D eigenvalue weighted by atomic mass is 35.5. The second kappa shape index (κ2) is 10.9. The SMILES string of the molecule is Cc1cc(S(=O)(=O)N2CCC(n3ncc(NC[C@@H]4CCCOC4)c(Cl)c3=O)CC2)ccc1N(C)C. The molecule has 0 bridgehead atoms. The number of anilines is 2. The fourth-order valence-corrected chi connectivity index (χ4v) is 6.57. The Morgan fingerprint density at radius 2 is 1.97 bits per heavy atom. The molecule has 0 saturated carbocycles. The van der Waals surface area contributed by atoms with Crippen LogP contribution in [0.5, 0.6) is 0 Å². The van der Waals surface area contributed by atoms with E-state index in [1.54, 1.807) is 18.3 Å². The predicted octanol–water partition coefficient (Wildman–Crippen LogP) is 3.14. The molecule has 192 valence electrons. The van der Waals surface area contributed by atoms with E-state index in [1.807, 2.05) is 32.0 Å². The average Bonchev–Trinajstić information content (AvgIpc) is 2.85. The van der Waals surface area contributed by atoms with E-state index in [-0.39, 0.29) is 21.5 Å². The molecule has 11 heteroatoms. The van der Waals surface area contributed by atoms with Crippen molar-refractivity contribution in [3.8, 4) is 0 Å². The van der Waals surface area contributed by atoms with E-state index in [1.165, 1.54) is 8.99 Å². The maximum atomic E-state index is 13.2. The highest BCUT2D eigenvalue weighted by Crippen LogP contribution is 2.29. The van der Waals surface area contributed by atoms with Crippen molar-refractivity contribution in [2.45, 2.75) is 43.5 Å². The Hall–Kier alpha value is -2.14. The molecule has 0 radical (unpaired) electrons. The van der Waals surface area contributed by atoms with Crippen LogP contribution in [0.15, 0.2) is 34.1 Å². The van der Waals surface area contributed by atoms with Gasteiger partial charge in [0.2, 0.25) is 10.0 Å². The van der Waals surface area contributed by atoms with Gasteiger partial charge in [0, 0.05) is 46.0 Å². The van der Waals surface area contributed by atoms with Crippen molar-refractivity contribution >= 4 is 33.0 Å². The fraction of sp³-hybridized carbons (Fsp3) is 0.583. The Morgan fingerprint density at radius 1 is 1.23 bits per heavy atom. The normalized spacial score (nSPS) is 20.1. The van der Waals surface area contributed by atoms with Gasteiger partial charge in [-0.05, 0) is 62.3 Å². The number of piperidine rings is 1. The topological polar surface area (TPSA) is 96.8 Å². The number of sulfonamides is 1. The number of rotatable bonds is 7. The number of aromatic nitrogens is 2. The number of hydrogen-bond donors (Lipinski definition) is 1. The van der Waals surface area contributed by atoms with Crippen LogP contribution in [0.3, 0.4) is 0 Å². The van der Waals surface area contributed by atoms with Crippen molar-refractivity contribution < 1.29 is 13.2 Å². The minimum atomic E-state index is -3.62. The van der Waals surface area contributed by atoms with E-state index in [4.69, 9.17) is 16.3 Å². The molecule has 0 unspecified atom stereocenters. The summed E-state index contributed by atoms with van der Waals surface area (Å²) in [5.74, 6) is 0.386. The lowest BCUT2D eigenvalue weighted by molar-refractivity contribution is 0.0595. The quantitative estimate of drug-likeness (QED) is 0.595. The average molecular weight is 524 g/mol. The lowest BCUT2D eigenvalue weighted by Crippen LogP contribution is -2.41. The number of nitrogens with zero attached hydrogens (tertiary/aromatic N) is 4. The van der Waals surface area contributed by atoms with E-state index in [9.17, 15) is 13.2 Å². The zero-order valence-electron chi connectivity index (χ0n) is 20.5. The van der Waals surface area contributed by atoms with Gasteiger partial charge in [0.05, 0.1) is 29.4 Å². The molecular formula is C24H34ClN5O4S. The monoisotopic (exact) mass is 523 g/mol. The molecule has 4 rings (SSSR count). The van der Waals surface area contributed by atoms with Gasteiger partial charge < -0.3 is 15.0 Å². The Balaban J connectivity index is 1.41. The van der Waals surface area contributed by atoms with Crippen LogP contribution in [0.1, 0.15) is 37.3 Å². The van der Waals surface area contributed by atoms with Crippen molar-refractivity contribution in [2.75, 3.05) is 57.2 Å². The summed E-state index contributed by atoms with van der Waals surface area (Å²) in [6, 6.07) is 5.00. The summed E-state index contributed by atoms with van der Waals surface area (Å²) in [7, 11) is 0.242. The Labute approximate surface area is 212 Å². The van der Waals surface area contributed by atoms with Gasteiger partial charge in [-0.15, -0.1) is 0 Å². The van der Waals surface area contributed by atoms with E-state index in [0.29, 0.717) is 50.7 Å². The summed E-state index contributed by atoms with van der Waals surface area (Å²) in [4.78, 5) is 15.2. The van der Waals surface area contributed by atoms with Crippen molar-refractivity contribution in [2.24, 2.45) is 5.92 Å². The van der Waals surface area contributed by atoms with Crippen LogP contribution in [0.4, 0.5) is 11.4 Å². The van der Waals surface area contributed by atoms with Gasteiger partial charge in [-0.2, -0.15) is 9.40 Å². The van der Waals surface area contributed by atoms with Crippen LogP contribution in [-0.4, -0.2) is 69.4 Å². The standard InChI is InChI=1S/C24H34ClN5O4S/c1-17-13-20(6-7-22(17)28(2)3)35(32,33)29-10-8-19(9-11-29)30-24(31)23(25)21(15-27-30)26-14-18-5-4-12-34-16-18/h6-7,13,15,18-19,26H,4-5,8-12,14,16H2,1-3H3/t18-/m0/s1. The Bertz CT molecular complexity index is 1200. The van der Waals surface area contributed by atoms with Gasteiger partial charge in [0.15, 0.2) is 0 Å². The molecule has 9 nitrogen and oxygen atoms in total. The third kappa shape index (κ3) is 5.66. The molecule has 0 spiro atoms. The minimum absolute atomic E-state index is 0.114. The van der Waals surface area contributed by atoms with Crippen LogP contribution in [0.25, 0.3) is 0 Å². The van der Waals surface area contributed by atoms with Gasteiger partial charge in [-0.25, -0.2) is 13.1 Å². The Morgan fingerprint density at radius 3 is 2.60 bits per heavy atom. The molecule has 2 aliphatic heterocycles. The van der Waals surface area contributed by atoms with Crippen molar-refractivity contribution in [3.63, 3.8) is 0 Å². The molecule has 2 saturated heterocycles. The number of ether oxygens (including phenoxy) is 1. The largest absolute Gasteiger partial charge is 0.382 e. The van der Waals surface area contributed by atoms with E-state index in [0.717, 1.165) is 30.7 Å². The summed E-state index contributed by atoms with van der Waals surface area (Å²) >= 11 is 6.39. The summed E-state index contributed by atoms with van der Waals surface area (Å²) in [6.07, 6.45) is 4.68. The summed E-state index contributed by atoms with van der Waals surface area (Å²) in [5.41, 5.74) is 2.05. The molecule has 35 heavy (non-hydrogen) atoms. The first kappa shape index (κ1) is 25.9. The van der Waals surface area contributed by atoms with Gasteiger partial charge >= 0.3 is 0 Å². The smallest absolute Gasteiger partial charge is 0.287 e. The fourth-order valence-electron chi connectivity index (χ4n) is 4.82. The molecule has 0 amide bonds. The Kier molecular flexibility index (Phi) is 8.05. The van der Waals surface area contributed by atoms with Crippen LogP contribution < -0.4 is 15.8 Å². The van der Waals surface area contributed by atoms with E-state index >= 15 is 0 Å². The van der Waals surface area contributed by atoms with Crippen LogP contribution in [0, 0.1) is 12.8 Å². The summed E-state index contributed by atoms with van der Waals surface area (Å²) in [5, 5.41) is 7.71. The molecule has 2 aliphatic rings. The number of aryl methyl sites for hydroxylation is 1. The van der Waals surface area contributed by atoms with Crippen molar-refractivity contribution in [1.29, 1.82) is 0 Å². The number of halogens is 1. The molecule has 2 fully saturated rings. The van der Waals surface area contributed by atoms with E-state index in [2.05, 4.69) is 10.4 Å². The predicted molar refractivity (Wildman–Crippen MR) is 138 cm³/mol. The molecule has 1 aromatic carbocycles. The van der Waals surface area contributed by atoms with Gasteiger partial charge in [-0.1, -0.05) is 11.6 Å². The van der Waals surface area contributed by atoms with Gasteiger partial charge in [0.1, 0.15) is 5.02 Å². The minimum Gasteiger partial charge on any atom is -0.382 e. The molecular weight excluding hydrogens is 490 g/mol. The van der Waals surface area contributed by atoms with E-state index < -0.39 is 10.0 Å². The van der Waals surface area contributed by atoms with Crippen LogP contribution in [-0.2, 0) is 14.8 Å². The number of hydrogen-bond acceptors (Lipinski definition) is 7. The second-order valence-electron chi connectivity index (χ2n) is 9.56. The van der Waals surface area contributed by atoms with Crippen LogP contribution >= 0.6 is 11.6 Å². The highest BCUT2D eigenvalue weighted by molar-refractivity contribution is 7.89. The van der Waals surface area contributed by atoms with Crippen LogP contribution in [0.2, 0.25) is 5.02 Å². The molecule has 2 aromatic rings. The van der Waals surface area contributed by atoms with Crippen molar-refractivity contribution in [1.82, 2.24) is 14.1 Å². The lowest BCUT2D eigenvalue weighted by Gasteiger charge is -2.32. The van der Waals surface area contributed by atoms with Gasteiger partial charge in [-0.3, -0.25) is 4.79 Å².